The molecule has 2 aromatic carbocycles. The Labute approximate surface area is 198 Å². The molecule has 0 saturated heterocycles. The molecule has 0 aliphatic rings. The largest absolute Gasteiger partial charge is 0.483 e. The van der Waals surface area contributed by atoms with Crippen molar-refractivity contribution in [1.29, 1.82) is 0 Å². The molecule has 4 rings (SSSR count). The molecule has 0 fully saturated rings. The van der Waals surface area contributed by atoms with E-state index in [0.717, 1.165) is 11.3 Å². The van der Waals surface area contributed by atoms with Crippen LogP contribution in [0.15, 0.2) is 46.9 Å². The van der Waals surface area contributed by atoms with Crippen molar-refractivity contribution >= 4 is 67.4 Å². The summed E-state index contributed by atoms with van der Waals surface area (Å²) in [6, 6.07) is 10.3. The lowest BCUT2D eigenvalue weighted by atomic mass is 10.3. The van der Waals surface area contributed by atoms with Crippen LogP contribution in [0.5, 0.6) is 11.5 Å². The summed E-state index contributed by atoms with van der Waals surface area (Å²) in [5, 5.41) is 3.73. The standard InChI is InChI=1S/C20H11Cl3F2N2O4S/c21-9-5-12(22)17(13(23)6-9)29-8-11-2-4-15(30-11)18(28)27-20-26-14-3-1-10(31-19(24)25)7-16(14)32-20/h1-7,19H,8H2,(H,26,27,28). The third kappa shape index (κ3) is 5.24. The van der Waals surface area contributed by atoms with Crippen LogP contribution in [0.25, 0.3) is 10.2 Å². The van der Waals surface area contributed by atoms with E-state index < -0.39 is 12.5 Å². The first kappa shape index (κ1) is 22.6. The number of hydrogen-bond acceptors (Lipinski definition) is 6. The van der Waals surface area contributed by atoms with Gasteiger partial charge in [-0.1, -0.05) is 46.1 Å². The van der Waals surface area contributed by atoms with Gasteiger partial charge in [-0.3, -0.25) is 10.1 Å². The third-order valence-corrected chi connectivity index (χ3v) is 5.73. The van der Waals surface area contributed by atoms with Gasteiger partial charge in [-0.15, -0.1) is 0 Å². The normalized spacial score (nSPS) is 11.2. The lowest BCUT2D eigenvalue weighted by Crippen LogP contribution is -2.10. The molecular weight excluding hydrogens is 509 g/mol. The number of anilines is 1. The Hall–Kier alpha value is -2.59. The van der Waals surface area contributed by atoms with Crippen LogP contribution in [0.3, 0.4) is 0 Å². The number of halogens is 5. The van der Waals surface area contributed by atoms with Gasteiger partial charge in [0, 0.05) is 5.02 Å². The number of nitrogens with one attached hydrogen (secondary N) is 1. The van der Waals surface area contributed by atoms with Gasteiger partial charge in [0.15, 0.2) is 16.6 Å². The first-order valence-electron chi connectivity index (χ1n) is 8.81. The lowest BCUT2D eigenvalue weighted by Gasteiger charge is -2.09. The van der Waals surface area contributed by atoms with Gasteiger partial charge >= 0.3 is 6.61 Å². The third-order valence-electron chi connectivity index (χ3n) is 4.01. The number of ether oxygens (including phenoxy) is 2. The molecule has 0 saturated carbocycles. The molecule has 0 unspecified atom stereocenters. The van der Waals surface area contributed by atoms with E-state index in [0.29, 0.717) is 21.0 Å². The van der Waals surface area contributed by atoms with E-state index in [-0.39, 0.29) is 39.0 Å². The van der Waals surface area contributed by atoms with Crippen LogP contribution in [0.1, 0.15) is 16.3 Å². The van der Waals surface area contributed by atoms with Crippen molar-refractivity contribution < 1.29 is 27.5 Å². The minimum absolute atomic E-state index is 0.00518. The van der Waals surface area contributed by atoms with E-state index in [1.807, 2.05) is 0 Å². The summed E-state index contributed by atoms with van der Waals surface area (Å²) in [5.74, 6) is 0.0884. The number of amides is 1. The second kappa shape index (κ2) is 9.50. The van der Waals surface area contributed by atoms with Crippen LogP contribution < -0.4 is 14.8 Å². The fourth-order valence-corrected chi connectivity index (χ4v) is 4.50. The first-order chi connectivity index (χ1) is 15.3. The van der Waals surface area contributed by atoms with Gasteiger partial charge in [0.1, 0.15) is 18.1 Å². The van der Waals surface area contributed by atoms with Gasteiger partial charge < -0.3 is 13.9 Å². The Balaban J connectivity index is 1.41. The van der Waals surface area contributed by atoms with Crippen molar-refractivity contribution in [2.75, 3.05) is 5.32 Å². The number of hydrogen-bond donors (Lipinski definition) is 1. The molecule has 1 N–H and O–H groups in total. The molecule has 0 aliphatic carbocycles. The number of nitrogens with zero attached hydrogens (tertiary/aromatic N) is 1. The summed E-state index contributed by atoms with van der Waals surface area (Å²) < 4.78 is 40.8. The maximum absolute atomic E-state index is 12.5. The highest BCUT2D eigenvalue weighted by atomic mass is 35.5. The van der Waals surface area contributed by atoms with Crippen molar-refractivity contribution in [1.82, 2.24) is 4.98 Å². The molecule has 166 valence electrons. The predicted octanol–water partition coefficient (Wildman–Crippen LogP) is 7.28. The van der Waals surface area contributed by atoms with Crippen LogP contribution in [0.4, 0.5) is 13.9 Å². The predicted molar refractivity (Wildman–Crippen MR) is 119 cm³/mol. The van der Waals surface area contributed by atoms with E-state index in [9.17, 15) is 13.6 Å². The van der Waals surface area contributed by atoms with Gasteiger partial charge in [0.2, 0.25) is 0 Å². The van der Waals surface area contributed by atoms with E-state index in [1.165, 1.54) is 36.4 Å². The molecule has 0 bridgehead atoms. The number of aromatic nitrogens is 1. The number of rotatable bonds is 7. The Morgan fingerprint density at radius 3 is 2.59 bits per heavy atom. The Bertz CT molecular complexity index is 1270. The zero-order valence-electron chi connectivity index (χ0n) is 15.7. The van der Waals surface area contributed by atoms with Crippen molar-refractivity contribution in [3.8, 4) is 11.5 Å². The molecule has 0 atom stereocenters. The zero-order chi connectivity index (χ0) is 22.8. The molecule has 0 aliphatic heterocycles. The lowest BCUT2D eigenvalue weighted by molar-refractivity contribution is -0.0497. The van der Waals surface area contributed by atoms with E-state index in [4.69, 9.17) is 44.0 Å². The van der Waals surface area contributed by atoms with Crippen molar-refractivity contribution in [2.24, 2.45) is 0 Å². The molecule has 6 nitrogen and oxygen atoms in total. The molecule has 2 heterocycles. The summed E-state index contributed by atoms with van der Waals surface area (Å²) in [7, 11) is 0. The van der Waals surface area contributed by atoms with E-state index in [2.05, 4.69) is 15.0 Å². The second-order valence-corrected chi connectivity index (χ2v) is 8.52. The molecule has 0 spiro atoms. The zero-order valence-corrected chi connectivity index (χ0v) is 18.8. The number of fused-ring (bicyclic) bond motifs is 1. The summed E-state index contributed by atoms with van der Waals surface area (Å²) >= 11 is 19.1. The fourth-order valence-electron chi connectivity index (χ4n) is 2.68. The Morgan fingerprint density at radius 2 is 1.88 bits per heavy atom. The quantitative estimate of drug-likeness (QED) is 0.278. The van der Waals surface area contributed by atoms with Gasteiger partial charge in [0.05, 0.1) is 20.3 Å². The highest BCUT2D eigenvalue weighted by molar-refractivity contribution is 7.22. The van der Waals surface area contributed by atoms with Gasteiger partial charge in [-0.05, 0) is 42.5 Å². The van der Waals surface area contributed by atoms with Crippen molar-refractivity contribution in [3.05, 3.63) is 69.1 Å². The summed E-state index contributed by atoms with van der Waals surface area (Å²) in [6.45, 7) is -2.95. The maximum Gasteiger partial charge on any atom is 0.387 e. The SMILES string of the molecule is O=C(Nc1nc2ccc(OC(F)F)cc2s1)c1ccc(COc2c(Cl)cc(Cl)cc2Cl)o1. The molecule has 0 radical (unpaired) electrons. The average molecular weight is 520 g/mol. The van der Waals surface area contributed by atoms with Crippen LogP contribution in [-0.4, -0.2) is 17.5 Å². The number of thiazole rings is 1. The summed E-state index contributed by atoms with van der Waals surface area (Å²) in [5.41, 5.74) is 0.525. The molecule has 2 aromatic heterocycles. The molecule has 1 amide bonds. The average Bonchev–Trinajstić information content (AvgIpc) is 3.33. The number of carbonyl (C=O) groups is 1. The number of benzene rings is 2. The summed E-state index contributed by atoms with van der Waals surface area (Å²) in [6.07, 6.45) is 0. The number of carbonyl (C=O) groups excluding carboxylic acids is 1. The van der Waals surface area contributed by atoms with Crippen LogP contribution in [0, 0.1) is 0 Å². The van der Waals surface area contributed by atoms with Crippen LogP contribution >= 0.6 is 46.1 Å². The van der Waals surface area contributed by atoms with Crippen LogP contribution in [-0.2, 0) is 6.61 Å². The Morgan fingerprint density at radius 1 is 1.12 bits per heavy atom. The minimum Gasteiger partial charge on any atom is -0.483 e. The number of alkyl halides is 2. The molecule has 4 aromatic rings. The molecular formula is C20H11Cl3F2N2O4S. The van der Waals surface area contributed by atoms with Crippen LogP contribution in [0.2, 0.25) is 15.1 Å². The van der Waals surface area contributed by atoms with Gasteiger partial charge in [0.25, 0.3) is 5.91 Å². The maximum atomic E-state index is 12.5. The first-order valence-corrected chi connectivity index (χ1v) is 10.8. The highest BCUT2D eigenvalue weighted by Gasteiger charge is 2.16. The molecule has 12 heteroatoms. The molecule has 32 heavy (non-hydrogen) atoms. The smallest absolute Gasteiger partial charge is 0.387 e. The van der Waals surface area contributed by atoms with Gasteiger partial charge in [-0.25, -0.2) is 4.98 Å². The topological polar surface area (TPSA) is 73.6 Å². The number of furan rings is 1. The summed E-state index contributed by atoms with van der Waals surface area (Å²) in [4.78, 5) is 16.7. The van der Waals surface area contributed by atoms with Gasteiger partial charge in [-0.2, -0.15) is 8.78 Å². The van der Waals surface area contributed by atoms with E-state index >= 15 is 0 Å². The minimum atomic E-state index is -2.93. The van der Waals surface area contributed by atoms with E-state index in [1.54, 1.807) is 6.07 Å². The Kier molecular flexibility index (Phi) is 6.71. The van der Waals surface area contributed by atoms with Crippen molar-refractivity contribution in [2.45, 2.75) is 13.2 Å². The highest BCUT2D eigenvalue weighted by Crippen LogP contribution is 2.36. The fraction of sp³-hybridized carbons (Fsp3) is 0.100. The monoisotopic (exact) mass is 518 g/mol. The second-order valence-electron chi connectivity index (χ2n) is 6.23. The van der Waals surface area contributed by atoms with Crippen molar-refractivity contribution in [3.63, 3.8) is 0 Å².